The Morgan fingerprint density at radius 2 is 1.58 bits per heavy atom. The summed E-state index contributed by atoms with van der Waals surface area (Å²) in [7, 11) is 0. The maximum atomic E-state index is 11.7. The van der Waals surface area contributed by atoms with E-state index in [0.717, 1.165) is 0 Å². The fraction of sp³-hybridized carbons (Fsp3) is 0.250. The van der Waals surface area contributed by atoms with Crippen molar-refractivity contribution in [2.75, 3.05) is 13.2 Å². The molecule has 1 aromatic carbocycles. The zero-order valence-corrected chi connectivity index (χ0v) is 11.0. The molecule has 0 aromatic heterocycles. The Labute approximate surface area is 118 Å². The van der Waals surface area contributed by atoms with E-state index in [1.165, 1.54) is 18.2 Å². The van der Waals surface area contributed by atoms with Crippen molar-refractivity contribution < 1.29 is 23.9 Å². The van der Waals surface area contributed by atoms with E-state index in [1.54, 1.807) is 0 Å². The highest BCUT2D eigenvalue weighted by Gasteiger charge is 2.25. The Morgan fingerprint density at radius 3 is 2.00 bits per heavy atom. The average molecular weight is 303 g/mol. The van der Waals surface area contributed by atoms with Crippen LogP contribution in [-0.4, -0.2) is 35.8 Å². The molecule has 1 saturated heterocycles. The molecule has 0 spiro atoms. The molecule has 1 heterocycles. The van der Waals surface area contributed by atoms with Crippen LogP contribution in [0.3, 0.4) is 0 Å². The zero-order chi connectivity index (χ0) is 14.0. The lowest BCUT2D eigenvalue weighted by Crippen LogP contribution is -2.11. The maximum Gasteiger partial charge on any atom is 0.338 e. The van der Waals surface area contributed by atoms with E-state index in [-0.39, 0.29) is 29.4 Å². The summed E-state index contributed by atoms with van der Waals surface area (Å²) in [4.78, 5) is 34.0. The lowest BCUT2D eigenvalue weighted by atomic mass is 10.1. The van der Waals surface area contributed by atoms with E-state index in [9.17, 15) is 14.4 Å². The molecule has 1 aliphatic rings. The molecule has 1 unspecified atom stereocenters. The van der Waals surface area contributed by atoms with E-state index in [4.69, 9.17) is 32.7 Å². The Hall–Kier alpha value is -1.43. The van der Waals surface area contributed by atoms with Crippen molar-refractivity contribution in [2.24, 2.45) is 0 Å². The van der Waals surface area contributed by atoms with Gasteiger partial charge >= 0.3 is 5.97 Å². The van der Waals surface area contributed by atoms with Gasteiger partial charge in [-0.25, -0.2) is 4.79 Å². The summed E-state index contributed by atoms with van der Waals surface area (Å²) in [5.41, 5.74) is 0.0433. The highest BCUT2D eigenvalue weighted by atomic mass is 35.5. The van der Waals surface area contributed by atoms with Crippen molar-refractivity contribution in [2.45, 2.75) is 6.10 Å². The van der Waals surface area contributed by atoms with E-state index >= 15 is 0 Å². The molecule has 100 valence electrons. The molecule has 1 aliphatic heterocycles. The molecule has 0 radical (unpaired) electrons. The SMILES string of the molecule is O=C(Cl)c1cc(C(=O)Cl)cc(C(=O)OCC2CO2)c1. The molecule has 1 aromatic rings. The molecule has 1 atom stereocenters. The second-order valence-electron chi connectivity index (χ2n) is 3.90. The van der Waals surface area contributed by atoms with Crippen molar-refractivity contribution in [3.05, 3.63) is 34.9 Å². The second-order valence-corrected chi connectivity index (χ2v) is 4.59. The summed E-state index contributed by atoms with van der Waals surface area (Å²) in [5.74, 6) is -0.672. The summed E-state index contributed by atoms with van der Waals surface area (Å²) >= 11 is 10.7. The number of halogens is 2. The third-order valence-corrected chi connectivity index (χ3v) is 2.86. The summed E-state index contributed by atoms with van der Waals surface area (Å²) in [6.07, 6.45) is -0.0732. The third-order valence-electron chi connectivity index (χ3n) is 2.43. The van der Waals surface area contributed by atoms with Crippen LogP contribution in [0.2, 0.25) is 0 Å². The van der Waals surface area contributed by atoms with Crippen molar-refractivity contribution in [3.8, 4) is 0 Å². The lowest BCUT2D eigenvalue weighted by molar-refractivity contribution is 0.0476. The van der Waals surface area contributed by atoms with Gasteiger partial charge in [0, 0.05) is 11.1 Å². The van der Waals surface area contributed by atoms with Crippen LogP contribution in [0.15, 0.2) is 18.2 Å². The van der Waals surface area contributed by atoms with Crippen LogP contribution in [-0.2, 0) is 9.47 Å². The van der Waals surface area contributed by atoms with Crippen LogP contribution in [0.1, 0.15) is 31.1 Å². The second kappa shape index (κ2) is 5.69. The van der Waals surface area contributed by atoms with Crippen LogP contribution in [0.4, 0.5) is 0 Å². The van der Waals surface area contributed by atoms with Gasteiger partial charge in [0.25, 0.3) is 10.5 Å². The number of benzene rings is 1. The minimum Gasteiger partial charge on any atom is -0.459 e. The minimum atomic E-state index is -0.792. The van der Waals surface area contributed by atoms with Gasteiger partial charge in [-0.15, -0.1) is 0 Å². The molecule has 7 heteroatoms. The molecular formula is C12H8Cl2O5. The number of rotatable bonds is 5. The number of ether oxygens (including phenoxy) is 2. The largest absolute Gasteiger partial charge is 0.459 e. The van der Waals surface area contributed by atoms with Gasteiger partial charge in [-0.3, -0.25) is 9.59 Å². The van der Waals surface area contributed by atoms with Crippen LogP contribution in [0.5, 0.6) is 0 Å². The van der Waals surface area contributed by atoms with Gasteiger partial charge in [0.15, 0.2) is 0 Å². The first-order valence-corrected chi connectivity index (χ1v) is 6.06. The molecular weight excluding hydrogens is 295 g/mol. The summed E-state index contributed by atoms with van der Waals surface area (Å²) in [6, 6.07) is 3.70. The Balaban J connectivity index is 2.23. The topological polar surface area (TPSA) is 73.0 Å². The van der Waals surface area contributed by atoms with Crippen molar-refractivity contribution in [1.29, 1.82) is 0 Å². The van der Waals surface area contributed by atoms with Crippen molar-refractivity contribution >= 4 is 39.7 Å². The first kappa shape index (κ1) is 14.0. The van der Waals surface area contributed by atoms with Gasteiger partial charge < -0.3 is 9.47 Å². The molecule has 0 saturated carbocycles. The molecule has 2 rings (SSSR count). The van der Waals surface area contributed by atoms with E-state index < -0.39 is 16.5 Å². The molecule has 19 heavy (non-hydrogen) atoms. The minimum absolute atomic E-state index is 0.00258. The van der Waals surface area contributed by atoms with Gasteiger partial charge in [-0.1, -0.05) is 0 Å². The van der Waals surface area contributed by atoms with Gasteiger partial charge in [-0.2, -0.15) is 0 Å². The van der Waals surface area contributed by atoms with Crippen LogP contribution in [0, 0.1) is 0 Å². The molecule has 0 aliphatic carbocycles. The predicted molar refractivity (Wildman–Crippen MR) is 66.8 cm³/mol. The number of esters is 1. The third kappa shape index (κ3) is 3.76. The molecule has 0 amide bonds. The molecule has 1 fully saturated rings. The highest BCUT2D eigenvalue weighted by molar-refractivity contribution is 6.69. The average Bonchev–Trinajstić information content (AvgIpc) is 3.19. The van der Waals surface area contributed by atoms with E-state index in [0.29, 0.717) is 6.61 Å². The van der Waals surface area contributed by atoms with E-state index in [1.807, 2.05) is 0 Å². The smallest absolute Gasteiger partial charge is 0.338 e. The molecule has 0 bridgehead atoms. The fourth-order valence-corrected chi connectivity index (χ4v) is 1.61. The number of epoxide rings is 1. The van der Waals surface area contributed by atoms with Crippen LogP contribution < -0.4 is 0 Å². The van der Waals surface area contributed by atoms with Crippen LogP contribution in [0.25, 0.3) is 0 Å². The Kier molecular flexibility index (Phi) is 4.19. The lowest BCUT2D eigenvalue weighted by Gasteiger charge is -2.05. The quantitative estimate of drug-likeness (QED) is 0.472. The van der Waals surface area contributed by atoms with Crippen molar-refractivity contribution in [1.82, 2.24) is 0 Å². The Morgan fingerprint density at radius 1 is 1.11 bits per heavy atom. The van der Waals surface area contributed by atoms with E-state index in [2.05, 4.69) is 0 Å². The van der Waals surface area contributed by atoms with Gasteiger partial charge in [0.05, 0.1) is 12.2 Å². The summed E-state index contributed by atoms with van der Waals surface area (Å²) < 4.78 is 9.84. The summed E-state index contributed by atoms with van der Waals surface area (Å²) in [5, 5.41) is -1.58. The zero-order valence-electron chi connectivity index (χ0n) is 9.52. The number of hydrogen-bond acceptors (Lipinski definition) is 5. The standard InChI is InChI=1S/C12H8Cl2O5/c13-10(15)6-1-7(11(14)16)3-8(2-6)12(17)19-5-9-4-18-9/h1-3,9H,4-5H2. The van der Waals surface area contributed by atoms with Gasteiger partial charge in [0.2, 0.25) is 0 Å². The Bertz CT molecular complexity index is 519. The van der Waals surface area contributed by atoms with Gasteiger partial charge in [0.1, 0.15) is 12.7 Å². The van der Waals surface area contributed by atoms with Crippen LogP contribution >= 0.6 is 23.2 Å². The predicted octanol–water partition coefficient (Wildman–Crippen LogP) is 2.00. The number of hydrogen-bond donors (Lipinski definition) is 0. The maximum absolute atomic E-state index is 11.7. The first-order chi connectivity index (χ1) is 8.97. The first-order valence-electron chi connectivity index (χ1n) is 5.31. The van der Waals surface area contributed by atoms with Crippen molar-refractivity contribution in [3.63, 3.8) is 0 Å². The monoisotopic (exact) mass is 302 g/mol. The van der Waals surface area contributed by atoms with Gasteiger partial charge in [-0.05, 0) is 41.4 Å². The number of carbonyl (C=O) groups excluding carboxylic acids is 3. The number of carbonyl (C=O) groups is 3. The highest BCUT2D eigenvalue weighted by Crippen LogP contribution is 2.16. The normalized spacial score (nSPS) is 16.8. The fourth-order valence-electron chi connectivity index (χ4n) is 1.39. The molecule has 5 nitrogen and oxygen atoms in total. The summed E-state index contributed by atoms with van der Waals surface area (Å²) in [6.45, 7) is 0.681. The molecule has 0 N–H and O–H groups in total.